The van der Waals surface area contributed by atoms with Crippen molar-refractivity contribution in [1.82, 2.24) is 0 Å². The van der Waals surface area contributed by atoms with Crippen molar-refractivity contribution >= 4 is 15.8 Å². The average molecular weight is 603 g/mol. The summed E-state index contributed by atoms with van der Waals surface area (Å²) in [7, 11) is 0. The number of rotatable bonds is 4. The second-order valence-electron chi connectivity index (χ2n) is 9.45. The maximum Gasteiger partial charge on any atom is -1.00 e. The molecule has 0 saturated carbocycles. The van der Waals surface area contributed by atoms with Gasteiger partial charge in [-0.15, -0.1) is 0 Å². The zero-order valence-electron chi connectivity index (χ0n) is 20.5. The van der Waals surface area contributed by atoms with Crippen LogP contribution in [0.25, 0.3) is 11.1 Å². The topological polar surface area (TPSA) is 0 Å². The van der Waals surface area contributed by atoms with Crippen molar-refractivity contribution in [1.29, 1.82) is 0 Å². The van der Waals surface area contributed by atoms with Crippen LogP contribution < -0.4 is 35.2 Å². The van der Waals surface area contributed by atoms with Gasteiger partial charge in [0.1, 0.15) is 0 Å². The van der Waals surface area contributed by atoms with Crippen molar-refractivity contribution in [3.8, 4) is 11.1 Å². The fraction of sp³-hybridized carbons (Fsp3) is 0.125. The molecule has 0 fully saturated rings. The van der Waals surface area contributed by atoms with Crippen molar-refractivity contribution in [3.63, 3.8) is 0 Å². The van der Waals surface area contributed by atoms with Gasteiger partial charge in [-0.2, -0.15) is 0 Å². The molecule has 0 heterocycles. The molecule has 0 radical (unpaired) electrons. The Morgan fingerprint density at radius 2 is 1.11 bits per heavy atom. The molecule has 178 valence electrons. The van der Waals surface area contributed by atoms with E-state index >= 15 is 0 Å². The van der Waals surface area contributed by atoms with E-state index in [1.807, 2.05) is 0 Å². The minimum atomic E-state index is -2.32. The summed E-state index contributed by atoms with van der Waals surface area (Å²) in [6.07, 6.45) is 8.33. The molecule has 0 nitrogen and oxygen atoms in total. The van der Waals surface area contributed by atoms with Crippen LogP contribution in [0, 0.1) is 13.8 Å². The van der Waals surface area contributed by atoms with Crippen molar-refractivity contribution in [2.75, 3.05) is 0 Å². The molecule has 0 spiro atoms. The average Bonchev–Trinajstić information content (AvgIpc) is 3.51. The van der Waals surface area contributed by atoms with Gasteiger partial charge >= 0.3 is 212 Å². The number of halogens is 2. The zero-order chi connectivity index (χ0) is 23.1. The van der Waals surface area contributed by atoms with Crippen LogP contribution in [0.3, 0.4) is 0 Å². The third-order valence-electron chi connectivity index (χ3n) is 7.19. The Kier molecular flexibility index (Phi) is 8.74. The summed E-state index contributed by atoms with van der Waals surface area (Å²) in [6.45, 7) is 4.41. The summed E-state index contributed by atoms with van der Waals surface area (Å²) in [4.78, 5) is 0. The molecule has 0 bridgehead atoms. The van der Waals surface area contributed by atoms with E-state index in [1.165, 1.54) is 22.3 Å². The maximum atomic E-state index is 2.49. The molecule has 0 aliphatic heterocycles. The van der Waals surface area contributed by atoms with Crippen LogP contribution in [0.4, 0.5) is 0 Å². The minimum absolute atomic E-state index is 0. The van der Waals surface area contributed by atoms with Crippen LogP contribution in [-0.2, 0) is 20.4 Å². The largest absolute Gasteiger partial charge is 1.00 e. The molecule has 0 saturated heterocycles. The number of aryl methyl sites for hydroxylation is 2. The Bertz CT molecular complexity index is 1390. The monoisotopic (exact) mass is 600 g/mol. The quantitative estimate of drug-likeness (QED) is 0.301. The molecule has 4 aromatic rings. The Hall–Kier alpha value is -1.96. The molecule has 0 amide bonds. The summed E-state index contributed by atoms with van der Waals surface area (Å²) < 4.78 is 2.34. The van der Waals surface area contributed by atoms with E-state index in [4.69, 9.17) is 0 Å². The standard InChI is InChI=1S/C14H14Si.C13H9.C5H5.2ClH.Zr/c1-11-3-7-13(8-4-11)15-14-9-5-12(2)6-10-14;1-3-7-12-10(5-1)9-11-6-2-4-8-13(11)12;1-2-4-5-3-1;;;/h3-10H,1-2H3;1-9H;1-3H,4H2;2*1H;/q;;;;;+2/p-2. The van der Waals surface area contributed by atoms with E-state index in [2.05, 4.69) is 129 Å². The Morgan fingerprint density at radius 1 is 0.639 bits per heavy atom. The molecule has 2 aliphatic rings. The van der Waals surface area contributed by atoms with E-state index < -0.39 is 25.8 Å². The first-order valence-corrected chi connectivity index (χ1v) is 20.0. The predicted molar refractivity (Wildman–Crippen MR) is 143 cm³/mol. The maximum absolute atomic E-state index is 2.49. The van der Waals surface area contributed by atoms with Gasteiger partial charge in [-0.05, 0) is 0 Å². The predicted octanol–water partition coefficient (Wildman–Crippen LogP) is 0.649. The van der Waals surface area contributed by atoms with Gasteiger partial charge in [0.15, 0.2) is 0 Å². The summed E-state index contributed by atoms with van der Waals surface area (Å²) in [6, 6.07) is 37.6. The third-order valence-corrected chi connectivity index (χ3v) is 26.9. The van der Waals surface area contributed by atoms with Crippen molar-refractivity contribution in [2.45, 2.75) is 23.9 Å². The molecule has 6 rings (SSSR count). The van der Waals surface area contributed by atoms with E-state index in [0.29, 0.717) is 3.63 Å². The van der Waals surface area contributed by atoms with Crippen LogP contribution in [0.2, 0.25) is 0 Å². The van der Waals surface area contributed by atoms with Crippen LogP contribution in [0.5, 0.6) is 0 Å². The first kappa shape index (κ1) is 27.1. The second kappa shape index (κ2) is 11.6. The van der Waals surface area contributed by atoms with E-state index in [1.54, 1.807) is 24.8 Å². The molecule has 2 aliphatic carbocycles. The zero-order valence-corrected chi connectivity index (χ0v) is 25.5. The second-order valence-corrected chi connectivity index (χ2v) is 23.3. The van der Waals surface area contributed by atoms with Gasteiger partial charge < -0.3 is 24.8 Å². The smallest absolute Gasteiger partial charge is 1.00 e. The molecule has 36 heavy (non-hydrogen) atoms. The number of fused-ring (bicyclic) bond motifs is 3. The summed E-state index contributed by atoms with van der Waals surface area (Å²) >= 11 is -2.32. The van der Waals surface area contributed by atoms with Gasteiger partial charge in [0.25, 0.3) is 0 Å². The fourth-order valence-electron chi connectivity index (χ4n) is 5.52. The Morgan fingerprint density at radius 3 is 1.56 bits per heavy atom. The molecule has 4 heteroatoms. The van der Waals surface area contributed by atoms with Gasteiger partial charge in [-0.25, -0.2) is 0 Å². The Balaban J connectivity index is 0.00000152. The van der Waals surface area contributed by atoms with Crippen molar-refractivity contribution in [2.24, 2.45) is 0 Å². The molecule has 0 atom stereocenters. The van der Waals surface area contributed by atoms with Gasteiger partial charge in [-0.3, -0.25) is 0 Å². The first-order valence-electron chi connectivity index (χ1n) is 12.1. The van der Waals surface area contributed by atoms with Gasteiger partial charge in [0, 0.05) is 0 Å². The number of hydrogen-bond acceptors (Lipinski definition) is 0. The molecular formula is C32H28Cl2SiZr. The van der Waals surface area contributed by atoms with Crippen LogP contribution in [-0.4, -0.2) is 5.43 Å². The normalized spacial score (nSPS) is 13.0. The molecule has 0 N–H and O–H groups in total. The molecular weight excluding hydrogens is 575 g/mol. The fourth-order valence-corrected chi connectivity index (χ4v) is 27.8. The van der Waals surface area contributed by atoms with Crippen LogP contribution in [0.15, 0.2) is 119 Å². The summed E-state index contributed by atoms with van der Waals surface area (Å²) in [5.74, 6) is 0. The summed E-state index contributed by atoms with van der Waals surface area (Å²) in [5.41, 5.74) is 7.83. The SMILES string of the molecule is Cc1ccc([Si](c2ccc(C)cc2)=[Zr+2]([C]2=CC=CC2)[CH]2c3ccccc3-c3ccccc32)cc1.[Cl-].[Cl-]. The van der Waals surface area contributed by atoms with E-state index in [9.17, 15) is 0 Å². The third kappa shape index (κ3) is 4.94. The minimum Gasteiger partial charge on any atom is -1.00 e. The van der Waals surface area contributed by atoms with Crippen LogP contribution >= 0.6 is 0 Å². The molecule has 0 unspecified atom stereocenters. The van der Waals surface area contributed by atoms with E-state index in [0.717, 1.165) is 6.42 Å². The van der Waals surface area contributed by atoms with Crippen molar-refractivity contribution < 1.29 is 45.2 Å². The summed E-state index contributed by atoms with van der Waals surface area (Å²) in [5, 5.41) is 3.17. The van der Waals surface area contributed by atoms with Crippen LogP contribution in [0.1, 0.15) is 32.3 Å². The van der Waals surface area contributed by atoms with Gasteiger partial charge in [-0.1, -0.05) is 0 Å². The Labute approximate surface area is 235 Å². The first-order chi connectivity index (χ1) is 16.7. The number of hydrogen-bond donors (Lipinski definition) is 0. The molecule has 0 aromatic heterocycles. The molecule has 4 aromatic carbocycles. The van der Waals surface area contributed by atoms with Gasteiger partial charge in [0.2, 0.25) is 0 Å². The number of benzene rings is 4. The van der Waals surface area contributed by atoms with Crippen molar-refractivity contribution in [3.05, 3.63) is 141 Å². The van der Waals surface area contributed by atoms with Gasteiger partial charge in [0.05, 0.1) is 0 Å². The van der Waals surface area contributed by atoms with E-state index in [-0.39, 0.29) is 24.8 Å². The number of allylic oxidation sites excluding steroid dienone is 4.